The van der Waals surface area contributed by atoms with E-state index in [1.165, 1.54) is 31.2 Å². The van der Waals surface area contributed by atoms with Crippen molar-refractivity contribution in [2.45, 2.75) is 51.1 Å². The van der Waals surface area contributed by atoms with Crippen molar-refractivity contribution in [1.29, 1.82) is 0 Å². The average molecular weight is 280 g/mol. The molecule has 1 aliphatic rings. The monoisotopic (exact) mass is 280 g/mol. The number of nitrogens with zero attached hydrogens (tertiary/aromatic N) is 1. The van der Waals surface area contributed by atoms with Crippen LogP contribution >= 0.6 is 11.3 Å². The fourth-order valence-electron chi connectivity index (χ4n) is 3.75. The second kappa shape index (κ2) is 6.38. The third-order valence-corrected chi connectivity index (χ3v) is 5.42. The van der Waals surface area contributed by atoms with Crippen molar-refractivity contribution in [3.63, 3.8) is 0 Å². The summed E-state index contributed by atoms with van der Waals surface area (Å²) in [6.07, 6.45) is 5.34. The minimum atomic E-state index is 0.273. The zero-order valence-electron chi connectivity index (χ0n) is 12.8. The maximum atomic E-state index is 3.76. The highest BCUT2D eigenvalue weighted by atomic mass is 32.1. The Bertz CT molecular complexity index is 374. The molecule has 1 aliphatic carbocycles. The van der Waals surface area contributed by atoms with Gasteiger partial charge >= 0.3 is 0 Å². The lowest BCUT2D eigenvalue weighted by Gasteiger charge is -2.50. The zero-order chi connectivity index (χ0) is 13.9. The predicted octanol–water partition coefficient (Wildman–Crippen LogP) is 3.91. The Hall–Kier alpha value is -0.380. The molecular weight excluding hydrogens is 252 g/mol. The van der Waals surface area contributed by atoms with Crippen molar-refractivity contribution in [3.8, 4) is 0 Å². The first kappa shape index (κ1) is 15.0. The number of hydrogen-bond donors (Lipinski definition) is 1. The van der Waals surface area contributed by atoms with Crippen LogP contribution in [0.4, 0.5) is 0 Å². The minimum absolute atomic E-state index is 0.273. The molecule has 1 aromatic rings. The van der Waals surface area contributed by atoms with Crippen LogP contribution in [0, 0.1) is 5.92 Å². The topological polar surface area (TPSA) is 15.3 Å². The summed E-state index contributed by atoms with van der Waals surface area (Å²) in [6, 6.07) is 2.75. The van der Waals surface area contributed by atoms with Crippen LogP contribution in [-0.2, 0) is 0 Å². The molecule has 2 nitrogen and oxygen atoms in total. The summed E-state index contributed by atoms with van der Waals surface area (Å²) in [4.78, 5) is 2.48. The first-order valence-electron chi connectivity index (χ1n) is 7.53. The first-order chi connectivity index (χ1) is 9.10. The van der Waals surface area contributed by atoms with Crippen molar-refractivity contribution in [2.24, 2.45) is 5.92 Å². The summed E-state index contributed by atoms with van der Waals surface area (Å²) in [5, 5.41) is 8.28. The van der Waals surface area contributed by atoms with Gasteiger partial charge in [-0.15, -0.1) is 0 Å². The fraction of sp³-hybridized carbons (Fsp3) is 0.750. The Labute approximate surface area is 122 Å². The summed E-state index contributed by atoms with van der Waals surface area (Å²) in [7, 11) is 4.52. The Morgan fingerprint density at radius 3 is 2.84 bits per heavy atom. The zero-order valence-corrected chi connectivity index (χ0v) is 13.6. The van der Waals surface area contributed by atoms with Gasteiger partial charge in [-0.25, -0.2) is 0 Å². The molecule has 3 atom stereocenters. The van der Waals surface area contributed by atoms with Crippen LogP contribution in [0.15, 0.2) is 16.8 Å². The summed E-state index contributed by atoms with van der Waals surface area (Å²) in [5.74, 6) is 0.830. The molecule has 3 heteroatoms. The SMILES string of the molecule is CCNC(c1ccsc1)C1(N(C)C)CCCC(C)C1. The summed E-state index contributed by atoms with van der Waals surface area (Å²) < 4.78 is 0. The van der Waals surface area contributed by atoms with E-state index in [1.807, 2.05) is 11.3 Å². The Balaban J connectivity index is 2.34. The van der Waals surface area contributed by atoms with E-state index in [-0.39, 0.29) is 5.54 Å². The molecule has 3 unspecified atom stereocenters. The molecule has 1 N–H and O–H groups in total. The normalized spacial score (nSPS) is 29.6. The van der Waals surface area contributed by atoms with Gasteiger partial charge in [0.25, 0.3) is 0 Å². The van der Waals surface area contributed by atoms with Gasteiger partial charge in [0.1, 0.15) is 0 Å². The molecule has 0 radical (unpaired) electrons. The van der Waals surface area contributed by atoms with E-state index < -0.39 is 0 Å². The highest BCUT2D eigenvalue weighted by Crippen LogP contribution is 2.44. The molecule has 1 saturated carbocycles. The number of likely N-dealkylation sites (N-methyl/N-ethyl adjacent to an activating group) is 2. The van der Waals surface area contributed by atoms with E-state index in [4.69, 9.17) is 0 Å². The van der Waals surface area contributed by atoms with Gasteiger partial charge in [0.2, 0.25) is 0 Å². The number of hydrogen-bond acceptors (Lipinski definition) is 3. The second-order valence-corrected chi connectivity index (χ2v) is 7.03. The average Bonchev–Trinajstić information content (AvgIpc) is 2.89. The lowest BCUT2D eigenvalue weighted by Crippen LogP contribution is -2.56. The van der Waals surface area contributed by atoms with Crippen LogP contribution in [0.2, 0.25) is 0 Å². The number of rotatable bonds is 5. The molecule has 108 valence electrons. The highest BCUT2D eigenvalue weighted by Gasteiger charge is 2.44. The summed E-state index contributed by atoms with van der Waals surface area (Å²) in [5.41, 5.74) is 1.74. The van der Waals surface area contributed by atoms with Crippen molar-refractivity contribution in [3.05, 3.63) is 22.4 Å². The number of nitrogens with one attached hydrogen (secondary N) is 1. The smallest absolute Gasteiger partial charge is 0.0515 e. The van der Waals surface area contributed by atoms with Crippen molar-refractivity contribution in [2.75, 3.05) is 20.6 Å². The van der Waals surface area contributed by atoms with Crippen LogP contribution in [-0.4, -0.2) is 31.1 Å². The predicted molar refractivity (Wildman–Crippen MR) is 84.8 cm³/mol. The van der Waals surface area contributed by atoms with Gasteiger partial charge in [-0.2, -0.15) is 11.3 Å². The van der Waals surface area contributed by atoms with Gasteiger partial charge in [0.15, 0.2) is 0 Å². The van der Waals surface area contributed by atoms with Gasteiger partial charge in [0.05, 0.1) is 6.04 Å². The van der Waals surface area contributed by atoms with E-state index in [9.17, 15) is 0 Å². The van der Waals surface area contributed by atoms with Crippen LogP contribution in [0.5, 0.6) is 0 Å². The van der Waals surface area contributed by atoms with Crippen LogP contribution in [0.25, 0.3) is 0 Å². The number of thiophene rings is 1. The molecule has 0 saturated heterocycles. The van der Waals surface area contributed by atoms with E-state index >= 15 is 0 Å². The largest absolute Gasteiger partial charge is 0.309 e. The van der Waals surface area contributed by atoms with E-state index in [1.54, 1.807) is 0 Å². The maximum absolute atomic E-state index is 3.76. The molecule has 19 heavy (non-hydrogen) atoms. The highest BCUT2D eigenvalue weighted by molar-refractivity contribution is 7.07. The van der Waals surface area contributed by atoms with Crippen LogP contribution in [0.1, 0.15) is 51.1 Å². The Morgan fingerprint density at radius 2 is 2.32 bits per heavy atom. The fourth-order valence-corrected chi connectivity index (χ4v) is 4.44. The molecule has 0 aromatic carbocycles. The molecule has 1 aromatic heterocycles. The maximum Gasteiger partial charge on any atom is 0.0515 e. The van der Waals surface area contributed by atoms with Crippen LogP contribution < -0.4 is 5.32 Å². The molecular formula is C16H28N2S. The van der Waals surface area contributed by atoms with Crippen molar-refractivity contribution in [1.82, 2.24) is 10.2 Å². The molecule has 2 rings (SSSR count). The Kier molecular flexibility index (Phi) is 5.04. The lowest BCUT2D eigenvalue weighted by molar-refractivity contribution is 0.0373. The van der Waals surface area contributed by atoms with Crippen molar-refractivity contribution < 1.29 is 0 Å². The van der Waals surface area contributed by atoms with Gasteiger partial charge in [-0.05, 0) is 61.8 Å². The summed E-state index contributed by atoms with van der Waals surface area (Å²) in [6.45, 7) is 5.66. The minimum Gasteiger partial charge on any atom is -0.309 e. The molecule has 1 fully saturated rings. The van der Waals surface area contributed by atoms with Gasteiger partial charge in [0, 0.05) is 5.54 Å². The van der Waals surface area contributed by atoms with Crippen LogP contribution in [0.3, 0.4) is 0 Å². The van der Waals surface area contributed by atoms with Gasteiger partial charge < -0.3 is 10.2 Å². The second-order valence-electron chi connectivity index (χ2n) is 6.25. The third-order valence-electron chi connectivity index (χ3n) is 4.72. The standard InChI is InChI=1S/C16H28N2S/c1-5-17-15(14-8-10-19-12-14)16(18(3)4)9-6-7-13(2)11-16/h8,10,12-13,15,17H,5-7,9,11H2,1-4H3. The molecule has 0 spiro atoms. The molecule has 0 aliphatic heterocycles. The van der Waals surface area contributed by atoms with Gasteiger partial charge in [-0.1, -0.05) is 26.7 Å². The quantitative estimate of drug-likeness (QED) is 0.879. The van der Waals surface area contributed by atoms with E-state index in [0.717, 1.165) is 12.5 Å². The Morgan fingerprint density at radius 1 is 1.53 bits per heavy atom. The first-order valence-corrected chi connectivity index (χ1v) is 8.47. The third kappa shape index (κ3) is 3.04. The van der Waals surface area contributed by atoms with Crippen molar-refractivity contribution >= 4 is 11.3 Å². The lowest BCUT2D eigenvalue weighted by atomic mass is 9.70. The molecule has 0 bridgehead atoms. The molecule has 1 heterocycles. The van der Waals surface area contributed by atoms with E-state index in [2.05, 4.69) is 55.0 Å². The van der Waals surface area contributed by atoms with E-state index in [0.29, 0.717) is 6.04 Å². The summed E-state index contributed by atoms with van der Waals surface area (Å²) >= 11 is 1.81. The molecule has 0 amide bonds. The van der Waals surface area contributed by atoms with Gasteiger partial charge in [-0.3, -0.25) is 0 Å².